The molecule has 0 saturated carbocycles. The van der Waals surface area contributed by atoms with E-state index < -0.39 is 4.92 Å². The molecule has 1 aromatic carbocycles. The summed E-state index contributed by atoms with van der Waals surface area (Å²) in [5.74, 6) is 5.14. The molecular formula is C11H6N2O3. The molecular weight excluding hydrogens is 208 g/mol. The van der Waals surface area contributed by atoms with E-state index in [1.165, 1.54) is 12.1 Å². The number of carbonyl (C=O) groups is 1. The number of non-ortho nitro benzene ring substituents is 1. The number of nitrogens with zero attached hydrogens (tertiary/aromatic N) is 2. The summed E-state index contributed by atoms with van der Waals surface area (Å²) in [4.78, 5) is 19.9. The first-order valence-electron chi connectivity index (χ1n) is 4.30. The number of aldehydes is 1. The Hall–Kier alpha value is -2.66. The molecule has 0 saturated heterocycles. The second-order valence-corrected chi connectivity index (χ2v) is 2.77. The maximum atomic E-state index is 10.5. The van der Waals surface area contributed by atoms with Crippen LogP contribution in [-0.2, 0) is 4.79 Å². The van der Waals surface area contributed by atoms with Gasteiger partial charge < -0.3 is 4.79 Å². The van der Waals surface area contributed by atoms with E-state index >= 15 is 0 Å². The Morgan fingerprint density at radius 2 is 2.19 bits per heavy atom. The van der Waals surface area contributed by atoms with Crippen molar-refractivity contribution in [1.82, 2.24) is 0 Å². The zero-order valence-electron chi connectivity index (χ0n) is 8.14. The first-order chi connectivity index (χ1) is 7.69. The molecule has 0 heterocycles. The van der Waals surface area contributed by atoms with Crippen LogP contribution in [0.25, 0.3) is 0 Å². The molecule has 0 N–H and O–H groups in total. The van der Waals surface area contributed by atoms with Crippen molar-refractivity contribution in [2.75, 3.05) is 0 Å². The van der Waals surface area contributed by atoms with Crippen molar-refractivity contribution < 1.29 is 9.72 Å². The van der Waals surface area contributed by atoms with Crippen LogP contribution in [0.3, 0.4) is 0 Å². The molecule has 1 rings (SSSR count). The molecule has 0 unspecified atom stereocenters. The number of rotatable bonds is 2. The molecule has 0 aromatic heterocycles. The summed E-state index contributed by atoms with van der Waals surface area (Å²) >= 11 is 0. The van der Waals surface area contributed by atoms with E-state index in [4.69, 9.17) is 5.26 Å². The minimum absolute atomic E-state index is 0.0713. The fourth-order valence-electron chi connectivity index (χ4n) is 1.04. The number of carbonyl (C=O) groups excluding carboxylic acids is 1. The Labute approximate surface area is 91.5 Å². The second-order valence-electron chi connectivity index (χ2n) is 2.77. The molecule has 1 aromatic rings. The van der Waals surface area contributed by atoms with Gasteiger partial charge in [-0.15, -0.1) is 0 Å². The second kappa shape index (κ2) is 5.28. The molecule has 0 amide bonds. The summed E-state index contributed by atoms with van der Waals surface area (Å²) in [6, 6.07) is 5.65. The van der Waals surface area contributed by atoms with E-state index in [-0.39, 0.29) is 17.7 Å². The summed E-state index contributed by atoms with van der Waals surface area (Å²) in [7, 11) is 0. The molecule has 0 aliphatic rings. The van der Waals surface area contributed by atoms with Crippen LogP contribution in [0.5, 0.6) is 0 Å². The first kappa shape index (κ1) is 11.4. The lowest BCUT2D eigenvalue weighted by Crippen LogP contribution is -1.91. The monoisotopic (exact) mass is 214 g/mol. The number of nitriles is 1. The van der Waals surface area contributed by atoms with E-state index in [1.807, 2.05) is 6.07 Å². The Morgan fingerprint density at radius 3 is 2.75 bits per heavy atom. The molecule has 0 aliphatic carbocycles. The Bertz CT molecular complexity index is 532. The average Bonchev–Trinajstić information content (AvgIpc) is 2.29. The van der Waals surface area contributed by atoms with Gasteiger partial charge in [0.2, 0.25) is 0 Å². The van der Waals surface area contributed by atoms with Gasteiger partial charge in [-0.25, -0.2) is 0 Å². The van der Waals surface area contributed by atoms with Gasteiger partial charge in [-0.3, -0.25) is 10.1 Å². The third kappa shape index (κ3) is 2.66. The quantitative estimate of drug-likeness (QED) is 0.322. The number of hydrogen-bond donors (Lipinski definition) is 0. The minimum atomic E-state index is -0.580. The van der Waals surface area contributed by atoms with Crippen LogP contribution >= 0.6 is 0 Å². The number of hydrogen-bond acceptors (Lipinski definition) is 4. The average molecular weight is 214 g/mol. The van der Waals surface area contributed by atoms with Crippen molar-refractivity contribution in [1.29, 1.82) is 5.26 Å². The zero-order chi connectivity index (χ0) is 12.0. The van der Waals surface area contributed by atoms with Crippen molar-refractivity contribution in [3.05, 3.63) is 39.4 Å². The van der Waals surface area contributed by atoms with Gasteiger partial charge in [0, 0.05) is 17.7 Å². The third-order valence-electron chi connectivity index (χ3n) is 1.74. The highest BCUT2D eigenvalue weighted by molar-refractivity contribution is 5.57. The summed E-state index contributed by atoms with van der Waals surface area (Å²) in [6.07, 6.45) is 0.715. The van der Waals surface area contributed by atoms with E-state index in [2.05, 4.69) is 11.8 Å². The molecule has 5 heteroatoms. The van der Waals surface area contributed by atoms with E-state index in [0.29, 0.717) is 11.8 Å². The Morgan fingerprint density at radius 1 is 1.44 bits per heavy atom. The van der Waals surface area contributed by atoms with Gasteiger partial charge in [-0.1, -0.05) is 11.8 Å². The lowest BCUT2D eigenvalue weighted by atomic mass is 10.1. The molecule has 0 aliphatic heterocycles. The van der Waals surface area contributed by atoms with Crippen molar-refractivity contribution in [2.24, 2.45) is 0 Å². The van der Waals surface area contributed by atoms with E-state index in [0.717, 1.165) is 6.07 Å². The van der Waals surface area contributed by atoms with Crippen molar-refractivity contribution >= 4 is 12.0 Å². The predicted molar refractivity (Wildman–Crippen MR) is 55.4 cm³/mol. The topological polar surface area (TPSA) is 84.0 Å². The van der Waals surface area contributed by atoms with Crippen LogP contribution in [0.1, 0.15) is 17.5 Å². The highest BCUT2D eigenvalue weighted by Gasteiger charge is 2.08. The highest BCUT2D eigenvalue weighted by atomic mass is 16.6. The SMILES string of the molecule is N#Cc1cc([N+](=O)[O-])ccc1C#CCC=O. The molecule has 0 bridgehead atoms. The fourth-order valence-corrected chi connectivity index (χ4v) is 1.04. The molecule has 78 valence electrons. The van der Waals surface area contributed by atoms with Crippen LogP contribution in [0.2, 0.25) is 0 Å². The van der Waals surface area contributed by atoms with Gasteiger partial charge in [0.25, 0.3) is 5.69 Å². The summed E-state index contributed by atoms with van der Waals surface area (Å²) in [5.41, 5.74) is 0.361. The van der Waals surface area contributed by atoms with Gasteiger partial charge in [-0.05, 0) is 6.07 Å². The minimum Gasteiger partial charge on any atom is -0.302 e. The summed E-state index contributed by atoms with van der Waals surface area (Å²) in [5, 5.41) is 19.2. The zero-order valence-corrected chi connectivity index (χ0v) is 8.14. The number of benzene rings is 1. The van der Waals surface area contributed by atoms with Crippen LogP contribution in [0.15, 0.2) is 18.2 Å². The lowest BCUT2D eigenvalue weighted by Gasteiger charge is -1.95. The lowest BCUT2D eigenvalue weighted by molar-refractivity contribution is -0.384. The van der Waals surface area contributed by atoms with Crippen LogP contribution in [-0.4, -0.2) is 11.2 Å². The van der Waals surface area contributed by atoms with Crippen LogP contribution in [0.4, 0.5) is 5.69 Å². The number of nitro benzene ring substituents is 1. The van der Waals surface area contributed by atoms with Gasteiger partial charge in [0.15, 0.2) is 0 Å². The molecule has 0 fully saturated rings. The van der Waals surface area contributed by atoms with Crippen LogP contribution < -0.4 is 0 Å². The van der Waals surface area contributed by atoms with Crippen molar-refractivity contribution in [3.8, 4) is 17.9 Å². The van der Waals surface area contributed by atoms with Crippen molar-refractivity contribution in [3.63, 3.8) is 0 Å². The van der Waals surface area contributed by atoms with Crippen LogP contribution in [0, 0.1) is 33.3 Å². The van der Waals surface area contributed by atoms with Gasteiger partial charge in [-0.2, -0.15) is 5.26 Å². The predicted octanol–water partition coefficient (Wildman–Crippen LogP) is 1.41. The molecule has 0 atom stereocenters. The summed E-state index contributed by atoms with van der Waals surface area (Å²) < 4.78 is 0. The Balaban J connectivity index is 3.14. The van der Waals surface area contributed by atoms with Gasteiger partial charge in [0.05, 0.1) is 16.9 Å². The third-order valence-corrected chi connectivity index (χ3v) is 1.74. The van der Waals surface area contributed by atoms with E-state index in [1.54, 1.807) is 0 Å². The first-order valence-corrected chi connectivity index (χ1v) is 4.30. The normalized spacial score (nSPS) is 8.44. The molecule has 0 radical (unpaired) electrons. The maximum absolute atomic E-state index is 10.5. The Kier molecular flexibility index (Phi) is 3.77. The highest BCUT2D eigenvalue weighted by Crippen LogP contribution is 2.16. The number of nitro groups is 1. The van der Waals surface area contributed by atoms with E-state index in [9.17, 15) is 14.9 Å². The molecule has 16 heavy (non-hydrogen) atoms. The van der Waals surface area contributed by atoms with Gasteiger partial charge in [0.1, 0.15) is 12.4 Å². The standard InChI is InChI=1S/C11H6N2O3/c12-8-10-7-11(13(15)16)5-4-9(10)3-1-2-6-14/h4-7H,2H2. The van der Waals surface area contributed by atoms with Gasteiger partial charge >= 0.3 is 0 Å². The largest absolute Gasteiger partial charge is 0.302 e. The molecule has 0 spiro atoms. The maximum Gasteiger partial charge on any atom is 0.270 e. The van der Waals surface area contributed by atoms with Crippen molar-refractivity contribution in [2.45, 2.75) is 6.42 Å². The smallest absolute Gasteiger partial charge is 0.270 e. The molecule has 5 nitrogen and oxygen atoms in total. The fraction of sp³-hybridized carbons (Fsp3) is 0.0909. The summed E-state index contributed by atoms with van der Waals surface area (Å²) in [6.45, 7) is 0.